The number of likely N-dealkylation sites (tertiary alicyclic amines) is 1. The Balaban J connectivity index is 1.83. The highest BCUT2D eigenvalue weighted by Crippen LogP contribution is 2.32. The molecule has 1 saturated heterocycles. The highest BCUT2D eigenvalue weighted by Gasteiger charge is 2.41. The second-order valence-electron chi connectivity index (χ2n) is 12.3. The number of hydrogen-bond acceptors (Lipinski definition) is 10. The van der Waals surface area contributed by atoms with Gasteiger partial charge in [0.2, 0.25) is 15.8 Å². The molecule has 3 rings (SSSR count). The van der Waals surface area contributed by atoms with Crippen LogP contribution in [0.5, 0.6) is 17.2 Å². The molecule has 1 fully saturated rings. The normalized spacial score (nSPS) is 15.6. The number of hydrogen-bond donors (Lipinski definition) is 2. The van der Waals surface area contributed by atoms with Crippen molar-refractivity contribution >= 4 is 33.6 Å². The van der Waals surface area contributed by atoms with Crippen LogP contribution in [-0.4, -0.2) is 82.6 Å². The third-order valence-corrected chi connectivity index (χ3v) is 9.21. The lowest BCUT2D eigenvalue weighted by Gasteiger charge is -2.36. The van der Waals surface area contributed by atoms with Crippen molar-refractivity contribution in [3.8, 4) is 17.2 Å². The number of primary sulfonamides is 1. The number of amides is 2. The SMILES string of the molecule is CCC(C)(C)C(=O)C(=O)N1CCCC[C@H]1C(=O)O[C@H](CCc1ccc(OC)c(OC)c1)c1cccc(OCC(=O)NCCS(N)(=O)=O)c1. The molecule has 0 spiro atoms. The number of carbonyl (C=O) groups excluding carboxylic acids is 4. The van der Waals surface area contributed by atoms with Crippen LogP contribution in [-0.2, 0) is 40.4 Å². The van der Waals surface area contributed by atoms with Crippen LogP contribution in [0.3, 0.4) is 0 Å². The average molecular weight is 690 g/mol. The minimum atomic E-state index is -3.72. The van der Waals surface area contributed by atoms with Gasteiger partial charge in [-0.25, -0.2) is 18.4 Å². The highest BCUT2D eigenvalue weighted by molar-refractivity contribution is 7.89. The third-order valence-electron chi connectivity index (χ3n) is 8.44. The number of esters is 1. The van der Waals surface area contributed by atoms with Gasteiger partial charge in [0.15, 0.2) is 18.1 Å². The van der Waals surface area contributed by atoms with Crippen molar-refractivity contribution in [3.05, 3.63) is 53.6 Å². The first-order valence-electron chi connectivity index (χ1n) is 16.0. The first-order valence-corrected chi connectivity index (χ1v) is 17.7. The van der Waals surface area contributed by atoms with Crippen molar-refractivity contribution < 1.29 is 46.5 Å². The Morgan fingerprint density at radius 2 is 1.77 bits per heavy atom. The molecule has 2 atom stereocenters. The summed E-state index contributed by atoms with van der Waals surface area (Å²) in [6.07, 6.45) is 2.28. The molecule has 264 valence electrons. The van der Waals surface area contributed by atoms with Gasteiger partial charge in [-0.3, -0.25) is 14.4 Å². The number of carbonyl (C=O) groups is 4. The summed E-state index contributed by atoms with van der Waals surface area (Å²) in [6, 6.07) is 11.4. The van der Waals surface area contributed by atoms with E-state index in [0.29, 0.717) is 61.3 Å². The molecule has 0 bridgehead atoms. The predicted molar refractivity (Wildman–Crippen MR) is 178 cm³/mol. The quantitative estimate of drug-likeness (QED) is 0.185. The van der Waals surface area contributed by atoms with E-state index in [1.54, 1.807) is 58.4 Å². The van der Waals surface area contributed by atoms with Gasteiger partial charge in [0.25, 0.3) is 11.8 Å². The molecule has 2 aromatic carbocycles. The molecular formula is C34H47N3O10S. The van der Waals surface area contributed by atoms with E-state index in [0.717, 1.165) is 5.56 Å². The lowest BCUT2D eigenvalue weighted by molar-refractivity contribution is -0.164. The minimum Gasteiger partial charge on any atom is -0.493 e. The molecule has 2 aromatic rings. The molecule has 3 N–H and O–H groups in total. The van der Waals surface area contributed by atoms with Crippen molar-refractivity contribution in [3.63, 3.8) is 0 Å². The number of ketones is 1. The third kappa shape index (κ3) is 10.9. The molecule has 2 amide bonds. The van der Waals surface area contributed by atoms with Crippen molar-refractivity contribution in [2.45, 2.75) is 71.4 Å². The molecule has 48 heavy (non-hydrogen) atoms. The number of Topliss-reactive ketones (excluding diaryl/α,β-unsaturated/α-hetero) is 1. The number of benzene rings is 2. The van der Waals surface area contributed by atoms with Crippen LogP contribution in [0.2, 0.25) is 0 Å². The van der Waals surface area contributed by atoms with Gasteiger partial charge in [-0.15, -0.1) is 0 Å². The molecule has 0 unspecified atom stereocenters. The molecule has 1 heterocycles. The summed E-state index contributed by atoms with van der Waals surface area (Å²) in [5.74, 6) is -1.32. The number of nitrogens with one attached hydrogen (secondary N) is 1. The Morgan fingerprint density at radius 3 is 2.44 bits per heavy atom. The highest BCUT2D eigenvalue weighted by atomic mass is 32.2. The van der Waals surface area contributed by atoms with Crippen LogP contribution in [0.1, 0.15) is 70.1 Å². The van der Waals surface area contributed by atoms with Crippen LogP contribution < -0.4 is 24.7 Å². The standard InChI is InChI=1S/C34H47N3O10S/c1-6-34(2,3)31(39)32(40)37-18-8-7-12-26(37)33(41)47-27(15-13-23-14-16-28(44-4)29(20-23)45-5)24-10-9-11-25(21-24)46-22-30(38)36-17-19-48(35,42)43/h9-11,14,16,20-21,26-27H,6-8,12-13,15,17-19,22H2,1-5H3,(H,36,38)(H2,35,42,43)/t26-,27+/m0/s1. The van der Waals surface area contributed by atoms with E-state index in [4.69, 9.17) is 24.1 Å². The zero-order valence-electron chi connectivity index (χ0n) is 28.3. The lowest BCUT2D eigenvalue weighted by Crippen LogP contribution is -2.53. The fourth-order valence-electron chi connectivity index (χ4n) is 5.18. The van der Waals surface area contributed by atoms with Gasteiger partial charge in [-0.2, -0.15) is 0 Å². The first kappa shape index (κ1) is 38.3. The average Bonchev–Trinajstić information content (AvgIpc) is 3.07. The molecule has 0 radical (unpaired) electrons. The van der Waals surface area contributed by atoms with Crippen LogP contribution in [0.25, 0.3) is 0 Å². The fourth-order valence-corrected chi connectivity index (χ4v) is 5.57. The number of sulfonamides is 1. The summed E-state index contributed by atoms with van der Waals surface area (Å²) in [4.78, 5) is 53.8. The fraction of sp³-hybridized carbons (Fsp3) is 0.529. The zero-order chi connectivity index (χ0) is 35.5. The summed E-state index contributed by atoms with van der Waals surface area (Å²) in [7, 11) is -0.631. The summed E-state index contributed by atoms with van der Waals surface area (Å²) in [5.41, 5.74) is 0.636. The van der Waals surface area contributed by atoms with Gasteiger partial charge in [0.05, 0.1) is 20.0 Å². The molecule has 0 aromatic heterocycles. The van der Waals surface area contributed by atoms with E-state index in [1.807, 2.05) is 19.1 Å². The molecule has 0 saturated carbocycles. The topological polar surface area (TPSA) is 181 Å². The van der Waals surface area contributed by atoms with Crippen LogP contribution in [0.4, 0.5) is 0 Å². The maximum Gasteiger partial charge on any atom is 0.329 e. The minimum absolute atomic E-state index is 0.155. The first-order chi connectivity index (χ1) is 22.7. The van der Waals surface area contributed by atoms with Crippen LogP contribution in [0, 0.1) is 5.41 Å². The second kappa shape index (κ2) is 17.3. The number of rotatable bonds is 17. The van der Waals surface area contributed by atoms with E-state index in [1.165, 1.54) is 4.90 Å². The number of nitrogens with two attached hydrogens (primary N) is 1. The molecule has 13 nitrogen and oxygen atoms in total. The van der Waals surface area contributed by atoms with Gasteiger partial charge in [0.1, 0.15) is 17.9 Å². The van der Waals surface area contributed by atoms with Gasteiger partial charge in [-0.1, -0.05) is 39.0 Å². The van der Waals surface area contributed by atoms with E-state index in [-0.39, 0.29) is 19.7 Å². The zero-order valence-corrected chi connectivity index (χ0v) is 29.1. The van der Waals surface area contributed by atoms with Gasteiger partial charge >= 0.3 is 5.97 Å². The lowest BCUT2D eigenvalue weighted by atomic mass is 9.84. The number of ether oxygens (including phenoxy) is 4. The monoisotopic (exact) mass is 689 g/mol. The number of piperidine rings is 1. The van der Waals surface area contributed by atoms with Gasteiger partial charge < -0.3 is 29.2 Å². The van der Waals surface area contributed by atoms with E-state index >= 15 is 0 Å². The summed E-state index contributed by atoms with van der Waals surface area (Å²) in [6.45, 7) is 5.02. The summed E-state index contributed by atoms with van der Waals surface area (Å²) < 4.78 is 44.8. The Kier molecular flexibility index (Phi) is 13.8. The Bertz CT molecular complexity index is 1560. The molecule has 0 aliphatic carbocycles. The molecule has 14 heteroatoms. The molecular weight excluding hydrogens is 642 g/mol. The van der Waals surface area contributed by atoms with Crippen molar-refractivity contribution in [2.75, 3.05) is 39.7 Å². The Morgan fingerprint density at radius 1 is 1.04 bits per heavy atom. The number of aryl methyl sites for hydroxylation is 1. The van der Waals surface area contributed by atoms with Crippen molar-refractivity contribution in [1.29, 1.82) is 0 Å². The van der Waals surface area contributed by atoms with Gasteiger partial charge in [0, 0.05) is 18.5 Å². The number of methoxy groups -OCH3 is 2. The summed E-state index contributed by atoms with van der Waals surface area (Å²) in [5, 5.41) is 7.40. The largest absolute Gasteiger partial charge is 0.493 e. The predicted octanol–water partition coefficient (Wildman–Crippen LogP) is 3.09. The van der Waals surface area contributed by atoms with Crippen LogP contribution >= 0.6 is 0 Å². The van der Waals surface area contributed by atoms with E-state index < -0.39 is 56.9 Å². The van der Waals surface area contributed by atoms with Crippen molar-refractivity contribution in [1.82, 2.24) is 10.2 Å². The maximum atomic E-state index is 13.8. The van der Waals surface area contributed by atoms with Crippen LogP contribution in [0.15, 0.2) is 42.5 Å². The Hall–Kier alpha value is -4.17. The van der Waals surface area contributed by atoms with Crippen molar-refractivity contribution in [2.24, 2.45) is 10.6 Å². The summed E-state index contributed by atoms with van der Waals surface area (Å²) >= 11 is 0. The number of nitrogens with zero attached hydrogens (tertiary/aromatic N) is 1. The van der Waals surface area contributed by atoms with E-state index in [2.05, 4.69) is 5.32 Å². The smallest absolute Gasteiger partial charge is 0.329 e. The molecule has 1 aliphatic heterocycles. The van der Waals surface area contributed by atoms with E-state index in [9.17, 15) is 27.6 Å². The maximum absolute atomic E-state index is 13.8. The van der Waals surface area contributed by atoms with Gasteiger partial charge in [-0.05, 0) is 73.9 Å². The molecule has 1 aliphatic rings. The second-order valence-corrected chi connectivity index (χ2v) is 14.0. The Labute approximate surface area is 282 Å².